The molecule has 0 saturated carbocycles. The van der Waals surface area contributed by atoms with E-state index in [-0.39, 0.29) is 30.2 Å². The molecule has 1 aliphatic heterocycles. The minimum absolute atomic E-state index is 0.158. The van der Waals surface area contributed by atoms with Gasteiger partial charge in [0.2, 0.25) is 0 Å². The molecule has 1 aliphatic rings. The molecule has 1 fully saturated rings. The number of benzene rings is 1. The van der Waals surface area contributed by atoms with Crippen molar-refractivity contribution in [2.45, 2.75) is 12.5 Å². The third-order valence-corrected chi connectivity index (χ3v) is 3.88. The van der Waals surface area contributed by atoms with E-state index in [2.05, 4.69) is 4.98 Å². The number of H-pyrrole nitrogens is 1. The summed E-state index contributed by atoms with van der Waals surface area (Å²) < 4.78 is 5.26. The first-order valence-electron chi connectivity index (χ1n) is 7.29. The van der Waals surface area contributed by atoms with E-state index in [1.54, 1.807) is 30.3 Å². The van der Waals surface area contributed by atoms with Gasteiger partial charge in [-0.15, -0.1) is 0 Å². The van der Waals surface area contributed by atoms with Crippen molar-refractivity contribution in [3.8, 4) is 0 Å². The maximum Gasteiger partial charge on any atom is 0.305 e. The van der Waals surface area contributed by atoms with Crippen LogP contribution >= 0.6 is 0 Å². The van der Waals surface area contributed by atoms with E-state index in [4.69, 9.17) is 9.84 Å². The number of carboxylic acids is 1. The number of morpholine rings is 1. The number of aliphatic carboxylic acids is 1. The van der Waals surface area contributed by atoms with Crippen LogP contribution in [0.5, 0.6) is 0 Å². The Morgan fingerprint density at radius 2 is 2.13 bits per heavy atom. The molecule has 1 aromatic carbocycles. The van der Waals surface area contributed by atoms with Crippen molar-refractivity contribution >= 4 is 22.6 Å². The van der Waals surface area contributed by atoms with Gasteiger partial charge in [0.25, 0.3) is 11.5 Å². The normalized spacial score (nSPS) is 18.1. The Balaban J connectivity index is 1.95. The van der Waals surface area contributed by atoms with Gasteiger partial charge in [-0.2, -0.15) is 0 Å². The second kappa shape index (κ2) is 6.21. The first-order chi connectivity index (χ1) is 11.1. The summed E-state index contributed by atoms with van der Waals surface area (Å²) in [6, 6.07) is 8.07. The van der Waals surface area contributed by atoms with E-state index in [1.807, 2.05) is 0 Å². The van der Waals surface area contributed by atoms with E-state index >= 15 is 0 Å². The summed E-state index contributed by atoms with van der Waals surface area (Å²) in [5.74, 6) is -1.38. The van der Waals surface area contributed by atoms with Crippen LogP contribution in [0.1, 0.15) is 16.9 Å². The summed E-state index contributed by atoms with van der Waals surface area (Å²) in [5.41, 5.74) is -0.180. The summed E-state index contributed by atoms with van der Waals surface area (Å²) in [6.07, 6.45) is -0.191. The third-order valence-electron chi connectivity index (χ3n) is 3.88. The zero-order chi connectivity index (χ0) is 16.4. The first kappa shape index (κ1) is 15.2. The van der Waals surface area contributed by atoms with Crippen LogP contribution in [0, 0.1) is 0 Å². The maximum absolute atomic E-state index is 12.7. The molecule has 1 unspecified atom stereocenters. The first-order valence-corrected chi connectivity index (χ1v) is 7.29. The van der Waals surface area contributed by atoms with Gasteiger partial charge in [-0.05, 0) is 17.5 Å². The van der Waals surface area contributed by atoms with Gasteiger partial charge in [0.1, 0.15) is 5.69 Å². The van der Waals surface area contributed by atoms with Gasteiger partial charge in [-0.1, -0.05) is 18.2 Å². The van der Waals surface area contributed by atoms with Crippen LogP contribution in [0.2, 0.25) is 0 Å². The molecule has 1 amide bonds. The number of hydrogen-bond donors (Lipinski definition) is 2. The van der Waals surface area contributed by atoms with Gasteiger partial charge in [-0.3, -0.25) is 14.4 Å². The van der Waals surface area contributed by atoms with Gasteiger partial charge in [0.15, 0.2) is 0 Å². The molecule has 0 spiro atoms. The molecule has 1 atom stereocenters. The molecule has 23 heavy (non-hydrogen) atoms. The molecule has 2 N–H and O–H groups in total. The maximum atomic E-state index is 12.7. The Labute approximate surface area is 131 Å². The number of carboxylic acid groups (broad SMARTS) is 1. The number of hydrogen-bond acceptors (Lipinski definition) is 4. The van der Waals surface area contributed by atoms with Crippen molar-refractivity contribution in [3.63, 3.8) is 0 Å². The highest BCUT2D eigenvalue weighted by Crippen LogP contribution is 2.16. The number of rotatable bonds is 3. The van der Waals surface area contributed by atoms with Crippen LogP contribution in [0.4, 0.5) is 0 Å². The number of nitrogens with one attached hydrogen (secondary N) is 1. The second-order valence-corrected chi connectivity index (χ2v) is 5.42. The van der Waals surface area contributed by atoms with E-state index < -0.39 is 12.0 Å². The highest BCUT2D eigenvalue weighted by atomic mass is 16.5. The van der Waals surface area contributed by atoms with Crippen molar-refractivity contribution in [2.24, 2.45) is 0 Å². The van der Waals surface area contributed by atoms with Crippen LogP contribution in [0.3, 0.4) is 0 Å². The molecular weight excluding hydrogens is 300 g/mol. The number of fused-ring (bicyclic) bond motifs is 1. The average molecular weight is 316 g/mol. The molecule has 2 heterocycles. The molecule has 0 radical (unpaired) electrons. The van der Waals surface area contributed by atoms with Gasteiger partial charge in [-0.25, -0.2) is 0 Å². The molecule has 0 aliphatic carbocycles. The highest BCUT2D eigenvalue weighted by molar-refractivity contribution is 5.96. The Bertz CT molecular complexity index is 813. The average Bonchev–Trinajstić information content (AvgIpc) is 2.54. The minimum atomic E-state index is -0.995. The number of ether oxygens (including phenoxy) is 1. The zero-order valence-electron chi connectivity index (χ0n) is 12.3. The fraction of sp³-hybridized carbons (Fsp3) is 0.312. The third kappa shape index (κ3) is 3.09. The number of carbonyl (C=O) groups excluding carboxylic acids is 1. The fourth-order valence-corrected chi connectivity index (χ4v) is 2.77. The molecule has 120 valence electrons. The van der Waals surface area contributed by atoms with Crippen LogP contribution in [0.25, 0.3) is 10.8 Å². The molecule has 7 heteroatoms. The van der Waals surface area contributed by atoms with E-state index in [9.17, 15) is 14.4 Å². The van der Waals surface area contributed by atoms with E-state index in [1.165, 1.54) is 4.90 Å². The lowest BCUT2D eigenvalue weighted by Gasteiger charge is -2.34. The van der Waals surface area contributed by atoms with E-state index in [0.29, 0.717) is 23.9 Å². The predicted octanol–water partition coefficient (Wildman–Crippen LogP) is 0.844. The SMILES string of the molecule is O=C(O)CC1COCCN1C(=O)c1cc2ccccc2c(=O)[nH]1. The molecule has 0 bridgehead atoms. The zero-order valence-corrected chi connectivity index (χ0v) is 12.3. The van der Waals surface area contributed by atoms with Crippen LogP contribution in [0.15, 0.2) is 35.1 Å². The topological polar surface area (TPSA) is 99.7 Å². The van der Waals surface area contributed by atoms with Gasteiger partial charge < -0.3 is 19.7 Å². The molecule has 1 saturated heterocycles. The van der Waals surface area contributed by atoms with Crippen LogP contribution in [-0.4, -0.2) is 52.7 Å². The Hall–Kier alpha value is -2.67. The van der Waals surface area contributed by atoms with Gasteiger partial charge in [0.05, 0.1) is 25.7 Å². The quantitative estimate of drug-likeness (QED) is 0.874. The summed E-state index contributed by atoms with van der Waals surface area (Å²) >= 11 is 0. The highest BCUT2D eigenvalue weighted by Gasteiger charge is 2.30. The summed E-state index contributed by atoms with van der Waals surface area (Å²) in [4.78, 5) is 39.8. The van der Waals surface area contributed by atoms with Crippen molar-refractivity contribution in [2.75, 3.05) is 19.8 Å². The predicted molar refractivity (Wildman–Crippen MR) is 82.5 cm³/mol. The van der Waals surface area contributed by atoms with E-state index in [0.717, 1.165) is 0 Å². The van der Waals surface area contributed by atoms with Crippen LogP contribution in [-0.2, 0) is 9.53 Å². The summed E-state index contributed by atoms with van der Waals surface area (Å²) in [7, 11) is 0. The van der Waals surface area contributed by atoms with Gasteiger partial charge in [0, 0.05) is 11.9 Å². The summed E-state index contributed by atoms with van der Waals surface area (Å²) in [5, 5.41) is 10.1. The lowest BCUT2D eigenvalue weighted by atomic mass is 10.1. The largest absolute Gasteiger partial charge is 0.481 e. The number of carbonyl (C=O) groups is 2. The van der Waals surface area contributed by atoms with Crippen molar-refractivity contribution in [1.82, 2.24) is 9.88 Å². The molecule has 1 aromatic heterocycles. The number of aromatic amines is 1. The number of nitrogens with zero attached hydrogens (tertiary/aromatic N) is 1. The molecule has 2 aromatic rings. The van der Waals surface area contributed by atoms with Crippen LogP contribution < -0.4 is 5.56 Å². The molecule has 7 nitrogen and oxygen atoms in total. The number of aromatic nitrogens is 1. The summed E-state index contributed by atoms with van der Waals surface area (Å²) in [6.45, 7) is 0.821. The standard InChI is InChI=1S/C16H16N2O5/c19-14(20)8-11-9-23-6-5-18(11)16(22)13-7-10-3-1-2-4-12(10)15(21)17-13/h1-4,7,11H,5-6,8-9H2,(H,17,21)(H,19,20). The Morgan fingerprint density at radius 3 is 2.91 bits per heavy atom. The minimum Gasteiger partial charge on any atom is -0.481 e. The molecular formula is C16H16N2O5. The Morgan fingerprint density at radius 1 is 1.35 bits per heavy atom. The van der Waals surface area contributed by atoms with Crippen molar-refractivity contribution in [1.29, 1.82) is 0 Å². The fourth-order valence-electron chi connectivity index (χ4n) is 2.77. The van der Waals surface area contributed by atoms with Crippen molar-refractivity contribution < 1.29 is 19.4 Å². The van der Waals surface area contributed by atoms with Crippen molar-refractivity contribution in [3.05, 3.63) is 46.4 Å². The second-order valence-electron chi connectivity index (χ2n) is 5.42. The monoisotopic (exact) mass is 316 g/mol. The lowest BCUT2D eigenvalue weighted by Crippen LogP contribution is -2.50. The lowest BCUT2D eigenvalue weighted by molar-refractivity contribution is -0.139. The smallest absolute Gasteiger partial charge is 0.305 e. The Kier molecular flexibility index (Phi) is 4.12. The molecule has 3 rings (SSSR count). The van der Waals surface area contributed by atoms with Gasteiger partial charge >= 0.3 is 5.97 Å². The number of pyridine rings is 1. The number of amides is 1.